The molecule has 0 unspecified atom stereocenters. The maximum absolute atomic E-state index is 3.56. The predicted octanol–water partition coefficient (Wildman–Crippen LogP) is 13.4. The van der Waals surface area contributed by atoms with E-state index in [1.54, 1.807) is 0 Å². The lowest BCUT2D eigenvalue weighted by Gasteiger charge is -2.26. The van der Waals surface area contributed by atoms with Gasteiger partial charge >= 0.3 is 0 Å². The minimum Gasteiger partial charge on any atom is -0.356 e. The Morgan fingerprint density at radius 3 is 0.689 bits per heavy atom. The lowest BCUT2D eigenvalue weighted by molar-refractivity contribution is 1.28. The number of para-hydroxylation sites is 4. The van der Waals surface area contributed by atoms with Crippen LogP contribution in [-0.4, -0.2) is 0 Å². The van der Waals surface area contributed by atoms with Gasteiger partial charge in [-0.05, 0) is 97.1 Å². The topological polar surface area (TPSA) is 18.5 Å². The second-order valence-electron chi connectivity index (χ2n) is 9.23. The standard InChI is InChI=1S/C36H29N3.3C2H6/c1-5-13-31(14-6-1)38(32-15-7-2-8-16-32)35-25-21-29(22-26-35)37-30-23-27-36(28-24-30)39(33-17-9-3-10-18-33)34-19-11-4-12-20-34;3*1-2/h1-28,37H;3*1-2H3. The van der Waals surface area contributed by atoms with Crippen LogP contribution in [0.15, 0.2) is 170 Å². The average Bonchev–Trinajstić information content (AvgIpc) is 3.14. The van der Waals surface area contributed by atoms with E-state index in [4.69, 9.17) is 0 Å². The zero-order valence-corrected chi connectivity index (χ0v) is 27.6. The first-order chi connectivity index (χ1) is 22.3. The van der Waals surface area contributed by atoms with Crippen molar-refractivity contribution in [3.63, 3.8) is 0 Å². The molecule has 0 aromatic heterocycles. The van der Waals surface area contributed by atoms with Gasteiger partial charge in [0.25, 0.3) is 0 Å². The third kappa shape index (κ3) is 9.35. The fourth-order valence-electron chi connectivity index (χ4n) is 4.76. The molecule has 1 N–H and O–H groups in total. The highest BCUT2D eigenvalue weighted by atomic mass is 15.1. The molecule has 0 aliphatic rings. The summed E-state index contributed by atoms with van der Waals surface area (Å²) in [5.41, 5.74) is 8.79. The second kappa shape index (κ2) is 19.1. The van der Waals surface area contributed by atoms with Crippen molar-refractivity contribution in [1.82, 2.24) is 0 Å². The molecule has 3 heteroatoms. The van der Waals surface area contributed by atoms with Crippen LogP contribution >= 0.6 is 0 Å². The Bertz CT molecular complexity index is 1380. The van der Waals surface area contributed by atoms with Crippen molar-refractivity contribution < 1.29 is 0 Å². The second-order valence-corrected chi connectivity index (χ2v) is 9.23. The van der Waals surface area contributed by atoms with Gasteiger partial charge in [-0.15, -0.1) is 0 Å². The molecule has 45 heavy (non-hydrogen) atoms. The molecule has 0 atom stereocenters. The van der Waals surface area contributed by atoms with E-state index in [2.05, 4.69) is 161 Å². The Labute approximate surface area is 271 Å². The maximum Gasteiger partial charge on any atom is 0.0463 e. The van der Waals surface area contributed by atoms with E-state index in [0.29, 0.717) is 0 Å². The van der Waals surface area contributed by atoms with Crippen LogP contribution in [0.1, 0.15) is 41.5 Å². The van der Waals surface area contributed by atoms with Crippen LogP contribution in [0.2, 0.25) is 0 Å². The molecule has 6 aromatic rings. The molecule has 0 heterocycles. The van der Waals surface area contributed by atoms with Gasteiger partial charge in [-0.3, -0.25) is 0 Å². The van der Waals surface area contributed by atoms with Gasteiger partial charge in [0, 0.05) is 45.5 Å². The molecule has 0 radical (unpaired) electrons. The van der Waals surface area contributed by atoms with E-state index >= 15 is 0 Å². The monoisotopic (exact) mass is 593 g/mol. The average molecular weight is 594 g/mol. The molecule has 0 spiro atoms. The smallest absolute Gasteiger partial charge is 0.0463 e. The molecule has 0 bridgehead atoms. The van der Waals surface area contributed by atoms with Crippen molar-refractivity contribution >= 4 is 45.5 Å². The largest absolute Gasteiger partial charge is 0.356 e. The van der Waals surface area contributed by atoms with Crippen molar-refractivity contribution in [1.29, 1.82) is 0 Å². The van der Waals surface area contributed by atoms with Crippen LogP contribution in [0.3, 0.4) is 0 Å². The van der Waals surface area contributed by atoms with E-state index in [-0.39, 0.29) is 0 Å². The molecule has 230 valence electrons. The molecule has 0 aliphatic heterocycles. The number of nitrogens with zero attached hydrogens (tertiary/aromatic N) is 2. The summed E-state index contributed by atoms with van der Waals surface area (Å²) in [6.07, 6.45) is 0. The van der Waals surface area contributed by atoms with E-state index in [1.807, 2.05) is 65.8 Å². The summed E-state index contributed by atoms with van der Waals surface area (Å²) in [4.78, 5) is 4.53. The van der Waals surface area contributed by atoms with Gasteiger partial charge in [0.2, 0.25) is 0 Å². The maximum atomic E-state index is 3.56. The molecule has 6 rings (SSSR count). The van der Waals surface area contributed by atoms with Gasteiger partial charge in [0.15, 0.2) is 0 Å². The number of nitrogens with one attached hydrogen (secondary N) is 1. The van der Waals surface area contributed by atoms with E-state index in [1.165, 1.54) is 0 Å². The Kier molecular flexibility index (Phi) is 14.5. The number of rotatable bonds is 8. The molecular formula is C42H47N3. The van der Waals surface area contributed by atoms with Crippen LogP contribution in [0.5, 0.6) is 0 Å². The Morgan fingerprint density at radius 2 is 0.467 bits per heavy atom. The van der Waals surface area contributed by atoms with Gasteiger partial charge in [-0.25, -0.2) is 0 Å². The number of anilines is 8. The Morgan fingerprint density at radius 1 is 0.267 bits per heavy atom. The zero-order chi connectivity index (χ0) is 32.3. The molecule has 6 aromatic carbocycles. The minimum absolute atomic E-state index is 1.04. The zero-order valence-electron chi connectivity index (χ0n) is 27.6. The normalized spacial score (nSPS) is 9.56. The van der Waals surface area contributed by atoms with Crippen molar-refractivity contribution in [3.05, 3.63) is 170 Å². The lowest BCUT2D eigenvalue weighted by atomic mass is 10.1. The fraction of sp³-hybridized carbons (Fsp3) is 0.143. The highest BCUT2D eigenvalue weighted by Gasteiger charge is 2.13. The molecule has 0 amide bonds. The van der Waals surface area contributed by atoms with Gasteiger partial charge in [0.1, 0.15) is 0 Å². The van der Waals surface area contributed by atoms with Crippen molar-refractivity contribution in [3.8, 4) is 0 Å². The van der Waals surface area contributed by atoms with Crippen LogP contribution in [0.4, 0.5) is 45.5 Å². The van der Waals surface area contributed by atoms with Crippen LogP contribution in [0.25, 0.3) is 0 Å². The summed E-state index contributed by atoms with van der Waals surface area (Å²) < 4.78 is 0. The summed E-state index contributed by atoms with van der Waals surface area (Å²) >= 11 is 0. The predicted molar refractivity (Wildman–Crippen MR) is 200 cm³/mol. The first kappa shape index (κ1) is 34.2. The molecule has 3 nitrogen and oxygen atoms in total. The fourth-order valence-corrected chi connectivity index (χ4v) is 4.76. The quantitative estimate of drug-likeness (QED) is 0.189. The highest BCUT2D eigenvalue weighted by molar-refractivity contribution is 5.79. The minimum atomic E-state index is 1.04. The summed E-state index contributed by atoms with van der Waals surface area (Å²) in [5.74, 6) is 0. The first-order valence-electron chi connectivity index (χ1n) is 16.1. The van der Waals surface area contributed by atoms with Gasteiger partial charge in [0.05, 0.1) is 0 Å². The Hall–Kier alpha value is -5.28. The summed E-state index contributed by atoms with van der Waals surface area (Å²) in [7, 11) is 0. The molecule has 0 saturated carbocycles. The number of hydrogen-bond acceptors (Lipinski definition) is 3. The van der Waals surface area contributed by atoms with Crippen LogP contribution in [0, 0.1) is 0 Å². The SMILES string of the molecule is CC.CC.CC.c1ccc(N(c2ccccc2)c2ccc(Nc3ccc(N(c4ccccc4)c4ccccc4)cc3)cc2)cc1. The van der Waals surface area contributed by atoms with E-state index < -0.39 is 0 Å². The van der Waals surface area contributed by atoms with Crippen LogP contribution in [-0.2, 0) is 0 Å². The number of hydrogen-bond donors (Lipinski definition) is 1. The molecule has 0 aliphatic carbocycles. The van der Waals surface area contributed by atoms with Crippen molar-refractivity contribution in [2.75, 3.05) is 15.1 Å². The molecule has 0 saturated heterocycles. The van der Waals surface area contributed by atoms with E-state index in [9.17, 15) is 0 Å². The van der Waals surface area contributed by atoms with Gasteiger partial charge in [-0.2, -0.15) is 0 Å². The molecular weight excluding hydrogens is 546 g/mol. The third-order valence-corrected chi connectivity index (χ3v) is 6.60. The van der Waals surface area contributed by atoms with E-state index in [0.717, 1.165) is 45.5 Å². The van der Waals surface area contributed by atoms with Crippen molar-refractivity contribution in [2.45, 2.75) is 41.5 Å². The first-order valence-corrected chi connectivity index (χ1v) is 16.1. The lowest BCUT2D eigenvalue weighted by Crippen LogP contribution is -2.09. The Balaban J connectivity index is 0.000000870. The van der Waals surface area contributed by atoms with Crippen molar-refractivity contribution in [2.24, 2.45) is 0 Å². The summed E-state index contributed by atoms with van der Waals surface area (Å²) in [5, 5.41) is 3.56. The number of benzene rings is 6. The molecule has 0 fully saturated rings. The van der Waals surface area contributed by atoms with Crippen LogP contribution < -0.4 is 15.1 Å². The summed E-state index contributed by atoms with van der Waals surface area (Å²) in [6, 6.07) is 59.0. The van der Waals surface area contributed by atoms with Gasteiger partial charge < -0.3 is 15.1 Å². The highest BCUT2D eigenvalue weighted by Crippen LogP contribution is 2.36. The third-order valence-electron chi connectivity index (χ3n) is 6.60. The summed E-state index contributed by atoms with van der Waals surface area (Å²) in [6.45, 7) is 12.0. The van der Waals surface area contributed by atoms with Gasteiger partial charge in [-0.1, -0.05) is 114 Å².